The third-order valence-electron chi connectivity index (χ3n) is 5.55. The Balaban J connectivity index is 1.70. The number of amides is 2. The fourth-order valence-electron chi connectivity index (χ4n) is 3.97. The van der Waals surface area contributed by atoms with Crippen LogP contribution in [0.5, 0.6) is 5.75 Å². The predicted molar refractivity (Wildman–Crippen MR) is 122 cm³/mol. The van der Waals surface area contributed by atoms with E-state index in [2.05, 4.69) is 20.2 Å². The molecule has 0 bridgehead atoms. The van der Waals surface area contributed by atoms with Gasteiger partial charge < -0.3 is 24.6 Å². The first kappa shape index (κ1) is 22.8. The van der Waals surface area contributed by atoms with E-state index in [9.17, 15) is 4.79 Å². The standard InChI is InChI=1S/C23H33N5O3/c1-16-6-7-21(31-5)20(14-16)26-23(29)28(12-13-30-4)19-8-10-27(11-9-19)22-24-17(2)15-18(3)25-22/h6-7,14-15,19H,8-13H2,1-5H3,(H,26,29). The summed E-state index contributed by atoms with van der Waals surface area (Å²) in [6.07, 6.45) is 1.69. The van der Waals surface area contributed by atoms with Crippen molar-refractivity contribution in [1.29, 1.82) is 0 Å². The second kappa shape index (κ2) is 10.4. The average molecular weight is 428 g/mol. The summed E-state index contributed by atoms with van der Waals surface area (Å²) in [6.45, 7) is 8.58. The van der Waals surface area contributed by atoms with Crippen molar-refractivity contribution in [2.45, 2.75) is 39.7 Å². The van der Waals surface area contributed by atoms with Gasteiger partial charge in [-0.15, -0.1) is 0 Å². The minimum atomic E-state index is -0.137. The number of carbonyl (C=O) groups excluding carboxylic acids is 1. The van der Waals surface area contributed by atoms with E-state index in [-0.39, 0.29) is 12.1 Å². The molecular formula is C23H33N5O3. The Labute approximate surface area is 184 Å². The molecule has 8 heteroatoms. The number of anilines is 2. The highest BCUT2D eigenvalue weighted by Crippen LogP contribution is 2.27. The largest absolute Gasteiger partial charge is 0.495 e. The van der Waals surface area contributed by atoms with Crippen molar-refractivity contribution in [2.24, 2.45) is 0 Å². The number of carbonyl (C=O) groups is 1. The van der Waals surface area contributed by atoms with E-state index in [1.807, 2.05) is 49.9 Å². The van der Waals surface area contributed by atoms with E-state index in [1.54, 1.807) is 14.2 Å². The Morgan fingerprint density at radius 2 is 1.81 bits per heavy atom. The number of nitrogens with zero attached hydrogens (tertiary/aromatic N) is 4. The van der Waals surface area contributed by atoms with Crippen molar-refractivity contribution in [3.05, 3.63) is 41.2 Å². The summed E-state index contributed by atoms with van der Waals surface area (Å²) >= 11 is 0. The lowest BCUT2D eigenvalue weighted by molar-refractivity contribution is 0.127. The lowest BCUT2D eigenvalue weighted by atomic mass is 10.0. The molecule has 1 aromatic carbocycles. The van der Waals surface area contributed by atoms with Crippen LogP contribution in [-0.2, 0) is 4.74 Å². The first-order chi connectivity index (χ1) is 14.9. The molecule has 8 nitrogen and oxygen atoms in total. The summed E-state index contributed by atoms with van der Waals surface area (Å²) in [7, 11) is 3.26. The summed E-state index contributed by atoms with van der Waals surface area (Å²) in [5.74, 6) is 1.42. The number of hydrogen-bond acceptors (Lipinski definition) is 6. The first-order valence-electron chi connectivity index (χ1n) is 10.7. The zero-order valence-corrected chi connectivity index (χ0v) is 19.1. The van der Waals surface area contributed by atoms with Crippen LogP contribution < -0.4 is 15.0 Å². The molecule has 2 aromatic rings. The highest BCUT2D eigenvalue weighted by Gasteiger charge is 2.29. The van der Waals surface area contributed by atoms with E-state index >= 15 is 0 Å². The van der Waals surface area contributed by atoms with Gasteiger partial charge in [0.15, 0.2) is 0 Å². The third kappa shape index (κ3) is 5.85. The third-order valence-corrected chi connectivity index (χ3v) is 5.55. The van der Waals surface area contributed by atoms with Crippen LogP contribution >= 0.6 is 0 Å². The number of benzene rings is 1. The second-order valence-corrected chi connectivity index (χ2v) is 7.99. The fraction of sp³-hybridized carbons (Fsp3) is 0.522. The zero-order valence-electron chi connectivity index (χ0n) is 19.1. The average Bonchev–Trinajstić information content (AvgIpc) is 2.74. The van der Waals surface area contributed by atoms with E-state index in [0.717, 1.165) is 48.8 Å². The summed E-state index contributed by atoms with van der Waals surface area (Å²) < 4.78 is 10.7. The quantitative estimate of drug-likeness (QED) is 0.728. The lowest BCUT2D eigenvalue weighted by Gasteiger charge is -2.38. The summed E-state index contributed by atoms with van der Waals surface area (Å²) in [6, 6.07) is 7.71. The number of hydrogen-bond donors (Lipinski definition) is 1. The Bertz CT molecular complexity index is 877. The Morgan fingerprint density at radius 3 is 2.42 bits per heavy atom. The van der Waals surface area contributed by atoms with E-state index < -0.39 is 0 Å². The van der Waals surface area contributed by atoms with Crippen LogP contribution in [0.2, 0.25) is 0 Å². The number of rotatable bonds is 7. The van der Waals surface area contributed by atoms with Crippen molar-refractivity contribution >= 4 is 17.7 Å². The smallest absolute Gasteiger partial charge is 0.322 e. The molecule has 0 saturated carbocycles. The van der Waals surface area contributed by atoms with Gasteiger partial charge in [0, 0.05) is 44.2 Å². The normalized spacial score (nSPS) is 14.4. The van der Waals surface area contributed by atoms with Crippen LogP contribution in [0.15, 0.2) is 24.3 Å². The molecule has 1 aliphatic heterocycles. The van der Waals surface area contributed by atoms with E-state index in [0.29, 0.717) is 24.6 Å². The van der Waals surface area contributed by atoms with Crippen molar-refractivity contribution in [3.63, 3.8) is 0 Å². The number of methoxy groups -OCH3 is 2. The first-order valence-corrected chi connectivity index (χ1v) is 10.7. The van der Waals surface area contributed by atoms with Gasteiger partial charge in [0.25, 0.3) is 0 Å². The highest BCUT2D eigenvalue weighted by atomic mass is 16.5. The summed E-state index contributed by atoms with van der Waals surface area (Å²) in [5, 5.41) is 3.03. The number of aromatic nitrogens is 2. The Kier molecular flexibility index (Phi) is 7.68. The van der Waals surface area contributed by atoms with Gasteiger partial charge in [0.2, 0.25) is 5.95 Å². The molecule has 1 N–H and O–H groups in total. The maximum atomic E-state index is 13.2. The van der Waals surface area contributed by atoms with Crippen molar-refractivity contribution < 1.29 is 14.3 Å². The van der Waals surface area contributed by atoms with Crippen LogP contribution in [0.1, 0.15) is 29.8 Å². The number of urea groups is 1. The molecule has 2 amide bonds. The molecule has 1 saturated heterocycles. The van der Waals surface area contributed by atoms with Crippen LogP contribution in [0, 0.1) is 20.8 Å². The second-order valence-electron chi connectivity index (χ2n) is 7.99. The topological polar surface area (TPSA) is 79.8 Å². The van der Waals surface area contributed by atoms with Crippen LogP contribution in [0.4, 0.5) is 16.4 Å². The van der Waals surface area contributed by atoms with Crippen LogP contribution in [0.25, 0.3) is 0 Å². The minimum Gasteiger partial charge on any atom is -0.495 e. The van der Waals surface area contributed by atoms with Gasteiger partial charge in [0.05, 0.1) is 19.4 Å². The number of nitrogens with one attached hydrogen (secondary N) is 1. The monoisotopic (exact) mass is 427 g/mol. The number of aryl methyl sites for hydroxylation is 3. The fourth-order valence-corrected chi connectivity index (χ4v) is 3.97. The molecule has 3 rings (SSSR count). The lowest BCUT2D eigenvalue weighted by Crippen LogP contribution is -2.50. The van der Waals surface area contributed by atoms with Gasteiger partial charge in [-0.25, -0.2) is 14.8 Å². The maximum absolute atomic E-state index is 13.2. The molecule has 1 fully saturated rings. The zero-order chi connectivity index (χ0) is 22.4. The van der Waals surface area contributed by atoms with Crippen molar-refractivity contribution in [3.8, 4) is 5.75 Å². The van der Waals surface area contributed by atoms with Gasteiger partial charge in [0.1, 0.15) is 5.75 Å². The van der Waals surface area contributed by atoms with E-state index in [1.165, 1.54) is 0 Å². The van der Waals surface area contributed by atoms with Crippen LogP contribution in [-0.4, -0.2) is 67.4 Å². The maximum Gasteiger partial charge on any atom is 0.322 e. The molecule has 168 valence electrons. The van der Waals surface area contributed by atoms with Crippen LogP contribution in [0.3, 0.4) is 0 Å². The molecule has 0 radical (unpaired) electrons. The van der Waals surface area contributed by atoms with Gasteiger partial charge in [-0.2, -0.15) is 0 Å². The van der Waals surface area contributed by atoms with E-state index in [4.69, 9.17) is 9.47 Å². The molecule has 0 atom stereocenters. The van der Waals surface area contributed by atoms with Crippen molar-refractivity contribution in [2.75, 3.05) is 50.7 Å². The van der Waals surface area contributed by atoms with Crippen molar-refractivity contribution in [1.82, 2.24) is 14.9 Å². The molecule has 0 spiro atoms. The van der Waals surface area contributed by atoms with Gasteiger partial charge in [-0.3, -0.25) is 0 Å². The molecule has 31 heavy (non-hydrogen) atoms. The highest BCUT2D eigenvalue weighted by molar-refractivity contribution is 5.91. The summed E-state index contributed by atoms with van der Waals surface area (Å²) in [5.41, 5.74) is 3.67. The Hall–Kier alpha value is -2.87. The number of ether oxygens (including phenoxy) is 2. The number of piperidine rings is 1. The molecule has 0 unspecified atom stereocenters. The molecule has 1 aromatic heterocycles. The molecule has 0 aliphatic carbocycles. The summed E-state index contributed by atoms with van der Waals surface area (Å²) in [4.78, 5) is 26.5. The predicted octanol–water partition coefficient (Wildman–Crippen LogP) is 3.56. The Morgan fingerprint density at radius 1 is 1.13 bits per heavy atom. The van der Waals surface area contributed by atoms with Gasteiger partial charge in [-0.1, -0.05) is 6.07 Å². The molecular weight excluding hydrogens is 394 g/mol. The SMILES string of the molecule is COCCN(C(=O)Nc1cc(C)ccc1OC)C1CCN(c2nc(C)cc(C)n2)CC1. The molecule has 2 heterocycles. The minimum absolute atomic E-state index is 0.119. The molecule has 1 aliphatic rings. The van der Waals surface area contributed by atoms with Gasteiger partial charge in [-0.05, 0) is 57.4 Å². The van der Waals surface area contributed by atoms with Gasteiger partial charge >= 0.3 is 6.03 Å².